The Kier molecular flexibility index (Phi) is 5.61. The van der Waals surface area contributed by atoms with E-state index < -0.39 is 0 Å². The lowest BCUT2D eigenvalue weighted by molar-refractivity contribution is 0.405. The number of ether oxygens (including phenoxy) is 1. The van der Waals surface area contributed by atoms with Gasteiger partial charge in [-0.1, -0.05) is 37.5 Å². The van der Waals surface area contributed by atoms with Crippen LogP contribution in [-0.4, -0.2) is 29.8 Å². The predicted molar refractivity (Wildman–Crippen MR) is 125 cm³/mol. The van der Waals surface area contributed by atoms with Crippen molar-refractivity contribution in [2.24, 2.45) is 0 Å². The summed E-state index contributed by atoms with van der Waals surface area (Å²) in [4.78, 5) is 14.5. The van der Waals surface area contributed by atoms with Crippen molar-refractivity contribution in [2.45, 2.75) is 44.7 Å². The number of hydrogen-bond donors (Lipinski definition) is 1. The molecule has 1 fully saturated rings. The van der Waals surface area contributed by atoms with Crippen LogP contribution in [-0.2, 0) is 6.54 Å². The van der Waals surface area contributed by atoms with Gasteiger partial charge >= 0.3 is 0 Å². The molecule has 1 saturated carbocycles. The van der Waals surface area contributed by atoms with E-state index >= 15 is 0 Å². The van der Waals surface area contributed by atoms with Crippen molar-refractivity contribution in [3.63, 3.8) is 0 Å². The van der Waals surface area contributed by atoms with Crippen LogP contribution in [0.3, 0.4) is 0 Å². The minimum Gasteiger partial charge on any atom is -0.497 e. The van der Waals surface area contributed by atoms with Crippen LogP contribution < -0.4 is 19.9 Å². The Bertz CT molecular complexity index is 1000. The number of nitrogens with one attached hydrogen (secondary N) is 1. The van der Waals surface area contributed by atoms with Gasteiger partial charge in [0, 0.05) is 35.7 Å². The Hall–Kier alpha value is -3.28. The molecule has 1 aliphatic carbocycles. The number of anilines is 4. The van der Waals surface area contributed by atoms with E-state index in [-0.39, 0.29) is 0 Å². The molecule has 0 spiro atoms. The van der Waals surface area contributed by atoms with Crippen molar-refractivity contribution in [3.05, 3.63) is 66.4 Å². The number of benzene rings is 2. The van der Waals surface area contributed by atoms with Crippen molar-refractivity contribution in [3.8, 4) is 5.75 Å². The van der Waals surface area contributed by atoms with E-state index in [4.69, 9.17) is 9.72 Å². The fourth-order valence-electron chi connectivity index (χ4n) is 4.62. The normalized spacial score (nSPS) is 16.7. The van der Waals surface area contributed by atoms with Gasteiger partial charge < -0.3 is 19.9 Å². The highest BCUT2D eigenvalue weighted by atomic mass is 16.5. The molecule has 5 rings (SSSR count). The van der Waals surface area contributed by atoms with Gasteiger partial charge in [0.25, 0.3) is 0 Å². The molecule has 0 atom stereocenters. The van der Waals surface area contributed by atoms with Crippen molar-refractivity contribution in [2.75, 3.05) is 28.9 Å². The van der Waals surface area contributed by atoms with Gasteiger partial charge in [0.1, 0.15) is 11.6 Å². The molecule has 2 aromatic carbocycles. The monoisotopic (exact) mass is 415 g/mol. The SMILES string of the molecule is COc1ccc(N2Cc3cnc(Nc4ccccc4)nc3N(C3CCCCC3)C2)cc1. The minimum atomic E-state index is 0.521. The molecule has 2 heterocycles. The largest absolute Gasteiger partial charge is 0.497 e. The molecule has 6 nitrogen and oxygen atoms in total. The van der Waals surface area contributed by atoms with Gasteiger partial charge in [-0.15, -0.1) is 0 Å². The Balaban J connectivity index is 1.46. The van der Waals surface area contributed by atoms with E-state index in [0.717, 1.165) is 30.5 Å². The zero-order chi connectivity index (χ0) is 21.0. The molecule has 31 heavy (non-hydrogen) atoms. The zero-order valence-corrected chi connectivity index (χ0v) is 18.0. The van der Waals surface area contributed by atoms with E-state index in [1.165, 1.54) is 43.4 Å². The number of hydrogen-bond acceptors (Lipinski definition) is 6. The molecule has 0 amide bonds. The van der Waals surface area contributed by atoms with Gasteiger partial charge in [0.2, 0.25) is 5.95 Å². The molecular formula is C25H29N5O. The van der Waals surface area contributed by atoms with Crippen LogP contribution in [0.5, 0.6) is 5.75 Å². The number of nitrogens with zero attached hydrogens (tertiary/aromatic N) is 4. The summed E-state index contributed by atoms with van der Waals surface area (Å²) < 4.78 is 5.34. The van der Waals surface area contributed by atoms with Crippen molar-refractivity contribution < 1.29 is 4.74 Å². The summed E-state index contributed by atoms with van der Waals surface area (Å²) in [5.41, 5.74) is 3.37. The predicted octanol–water partition coefficient (Wildman–Crippen LogP) is 5.35. The number of para-hydroxylation sites is 1. The highest BCUT2D eigenvalue weighted by Gasteiger charge is 2.31. The third-order valence-corrected chi connectivity index (χ3v) is 6.28. The Morgan fingerprint density at radius 1 is 0.968 bits per heavy atom. The maximum atomic E-state index is 5.34. The second-order valence-corrected chi connectivity index (χ2v) is 8.33. The lowest BCUT2D eigenvalue weighted by Crippen LogP contribution is -2.49. The maximum absolute atomic E-state index is 5.34. The quantitative estimate of drug-likeness (QED) is 0.607. The van der Waals surface area contributed by atoms with E-state index in [9.17, 15) is 0 Å². The van der Waals surface area contributed by atoms with Crippen LogP contribution in [0, 0.1) is 0 Å². The standard InChI is InChI=1S/C25H29N5O/c1-31-23-14-12-21(13-15-23)29-17-19-16-26-25(27-20-8-4-2-5-9-20)28-24(19)30(18-29)22-10-6-3-7-11-22/h2,4-5,8-9,12-16,22H,3,6-7,10-11,17-18H2,1H3,(H,26,27,28). The van der Waals surface area contributed by atoms with Gasteiger partial charge in [0.05, 0.1) is 13.8 Å². The van der Waals surface area contributed by atoms with E-state index in [2.05, 4.69) is 32.2 Å². The molecule has 160 valence electrons. The summed E-state index contributed by atoms with van der Waals surface area (Å²) >= 11 is 0. The Labute approximate surface area is 183 Å². The minimum absolute atomic E-state index is 0.521. The molecule has 1 N–H and O–H groups in total. The van der Waals surface area contributed by atoms with Crippen LogP contribution in [0.15, 0.2) is 60.8 Å². The first-order valence-electron chi connectivity index (χ1n) is 11.1. The summed E-state index contributed by atoms with van der Waals surface area (Å²) in [6.45, 7) is 1.64. The van der Waals surface area contributed by atoms with Crippen LogP contribution >= 0.6 is 0 Å². The second kappa shape index (κ2) is 8.84. The van der Waals surface area contributed by atoms with Crippen molar-refractivity contribution >= 4 is 23.1 Å². The summed E-state index contributed by atoms with van der Waals surface area (Å²) in [6, 6.07) is 19.0. The smallest absolute Gasteiger partial charge is 0.229 e. The molecule has 1 aromatic heterocycles. The lowest BCUT2D eigenvalue weighted by atomic mass is 9.93. The first kappa shape index (κ1) is 19.7. The van der Waals surface area contributed by atoms with Crippen molar-refractivity contribution in [1.82, 2.24) is 9.97 Å². The number of rotatable bonds is 5. The third kappa shape index (κ3) is 4.29. The fourth-order valence-corrected chi connectivity index (χ4v) is 4.62. The van der Waals surface area contributed by atoms with E-state index in [1.54, 1.807) is 7.11 Å². The molecule has 0 radical (unpaired) electrons. The molecular weight excluding hydrogens is 386 g/mol. The van der Waals surface area contributed by atoms with Gasteiger partial charge in [-0.3, -0.25) is 0 Å². The summed E-state index contributed by atoms with van der Waals surface area (Å²) in [5, 5.41) is 3.36. The van der Waals surface area contributed by atoms with E-state index in [0.29, 0.717) is 12.0 Å². The molecule has 0 bridgehead atoms. The van der Waals surface area contributed by atoms with Crippen molar-refractivity contribution in [1.29, 1.82) is 0 Å². The van der Waals surface area contributed by atoms with Crippen LogP contribution in [0.1, 0.15) is 37.7 Å². The van der Waals surface area contributed by atoms with Gasteiger partial charge in [0.15, 0.2) is 0 Å². The second-order valence-electron chi connectivity index (χ2n) is 8.33. The summed E-state index contributed by atoms with van der Waals surface area (Å²) in [5.74, 6) is 2.61. The first-order valence-corrected chi connectivity index (χ1v) is 11.1. The highest BCUT2D eigenvalue weighted by molar-refractivity contribution is 5.61. The van der Waals surface area contributed by atoms with Crippen LogP contribution in [0.25, 0.3) is 0 Å². The van der Waals surface area contributed by atoms with E-state index in [1.807, 2.05) is 48.7 Å². The first-order chi connectivity index (χ1) is 15.3. The molecule has 0 unspecified atom stereocenters. The van der Waals surface area contributed by atoms with Crippen LogP contribution in [0.4, 0.5) is 23.1 Å². The summed E-state index contributed by atoms with van der Waals surface area (Å²) in [7, 11) is 1.70. The maximum Gasteiger partial charge on any atom is 0.229 e. The topological polar surface area (TPSA) is 53.5 Å². The van der Waals surface area contributed by atoms with Crippen LogP contribution in [0.2, 0.25) is 0 Å². The number of methoxy groups -OCH3 is 1. The van der Waals surface area contributed by atoms with Gasteiger partial charge in [-0.05, 0) is 49.2 Å². The molecule has 1 aliphatic heterocycles. The fraction of sp³-hybridized carbons (Fsp3) is 0.360. The zero-order valence-electron chi connectivity index (χ0n) is 18.0. The molecule has 6 heteroatoms. The average Bonchev–Trinajstić information content (AvgIpc) is 2.84. The Morgan fingerprint density at radius 3 is 2.48 bits per heavy atom. The average molecular weight is 416 g/mol. The van der Waals surface area contributed by atoms with Gasteiger partial charge in [-0.2, -0.15) is 4.98 Å². The Morgan fingerprint density at radius 2 is 1.74 bits per heavy atom. The lowest BCUT2D eigenvalue weighted by Gasteiger charge is -2.44. The molecule has 0 saturated heterocycles. The summed E-state index contributed by atoms with van der Waals surface area (Å²) in [6.07, 6.45) is 8.35. The molecule has 2 aliphatic rings. The molecule has 3 aromatic rings. The van der Waals surface area contributed by atoms with Gasteiger partial charge in [-0.25, -0.2) is 4.98 Å². The third-order valence-electron chi connectivity index (χ3n) is 6.28. The number of fused-ring (bicyclic) bond motifs is 1. The number of aromatic nitrogens is 2. The highest BCUT2D eigenvalue weighted by Crippen LogP contribution is 2.35.